The van der Waals surface area contributed by atoms with E-state index in [2.05, 4.69) is 24.8 Å². The molecule has 0 saturated carbocycles. The van der Waals surface area contributed by atoms with Crippen LogP contribution in [-0.2, 0) is 0 Å². The molecule has 2 nitrogen and oxygen atoms in total. The van der Waals surface area contributed by atoms with Crippen molar-refractivity contribution in [1.82, 2.24) is 4.90 Å². The number of fused-ring (bicyclic) bond motifs is 1. The lowest BCUT2D eigenvalue weighted by Crippen LogP contribution is -2.43. The molecule has 2 rings (SSSR count). The average Bonchev–Trinajstić information content (AvgIpc) is 2.55. The molecule has 0 aromatic carbocycles. The molecule has 0 spiro atoms. The van der Waals surface area contributed by atoms with Crippen LogP contribution < -0.4 is 0 Å². The van der Waals surface area contributed by atoms with Gasteiger partial charge in [-0.25, -0.2) is 0 Å². The summed E-state index contributed by atoms with van der Waals surface area (Å²) < 4.78 is 0. The van der Waals surface area contributed by atoms with Crippen molar-refractivity contribution in [2.24, 2.45) is 0 Å². The second kappa shape index (κ2) is 2.47. The maximum Gasteiger partial charge on any atom is 0.109 e. The second-order valence-electron chi connectivity index (χ2n) is 4.33. The van der Waals surface area contributed by atoms with Gasteiger partial charge in [-0.05, 0) is 39.5 Å². The van der Waals surface area contributed by atoms with Gasteiger partial charge in [-0.2, -0.15) is 5.26 Å². The van der Waals surface area contributed by atoms with E-state index in [4.69, 9.17) is 0 Å². The highest BCUT2D eigenvalue weighted by molar-refractivity contribution is 5.17. The monoisotopic (exact) mass is 164 g/mol. The van der Waals surface area contributed by atoms with Gasteiger partial charge in [-0.15, -0.1) is 0 Å². The Bertz CT molecular complexity index is 214. The number of nitriles is 1. The zero-order chi connectivity index (χ0) is 8.77. The van der Waals surface area contributed by atoms with Crippen molar-refractivity contribution in [3.63, 3.8) is 0 Å². The van der Waals surface area contributed by atoms with Crippen molar-refractivity contribution in [2.45, 2.75) is 57.2 Å². The molecule has 2 heteroatoms. The van der Waals surface area contributed by atoms with E-state index in [0.717, 1.165) is 12.8 Å². The van der Waals surface area contributed by atoms with Crippen LogP contribution in [-0.4, -0.2) is 22.5 Å². The predicted octanol–water partition coefficient (Wildman–Crippen LogP) is 1.92. The molecule has 2 heterocycles. The molecular weight excluding hydrogens is 148 g/mol. The maximum absolute atomic E-state index is 9.17. The minimum atomic E-state index is -0.0706. The first-order valence-electron chi connectivity index (χ1n) is 4.89. The fourth-order valence-corrected chi connectivity index (χ4v) is 3.00. The van der Waals surface area contributed by atoms with E-state index in [9.17, 15) is 5.26 Å². The van der Waals surface area contributed by atoms with Crippen LogP contribution in [0.1, 0.15) is 39.5 Å². The molecular formula is C10H16N2. The number of hydrogen-bond donors (Lipinski definition) is 0. The van der Waals surface area contributed by atoms with Gasteiger partial charge in [0.15, 0.2) is 0 Å². The molecule has 2 aliphatic heterocycles. The highest BCUT2D eigenvalue weighted by Gasteiger charge is 2.51. The van der Waals surface area contributed by atoms with E-state index in [0.29, 0.717) is 12.1 Å². The largest absolute Gasteiger partial charge is 0.280 e. The Morgan fingerprint density at radius 3 is 2.08 bits per heavy atom. The molecule has 0 radical (unpaired) electrons. The Hall–Kier alpha value is -0.550. The van der Waals surface area contributed by atoms with Crippen LogP contribution in [0.3, 0.4) is 0 Å². The molecule has 2 saturated heterocycles. The molecule has 66 valence electrons. The standard InChI is InChI=1S/C10H16N2/c1-8-3-5-10(7-11)6-4-9(2)12(8)10/h8-9H,3-6H2,1-2H3. The fraction of sp³-hybridized carbons (Fsp3) is 0.900. The van der Waals surface area contributed by atoms with Gasteiger partial charge in [0, 0.05) is 12.1 Å². The highest BCUT2D eigenvalue weighted by Crippen LogP contribution is 2.44. The van der Waals surface area contributed by atoms with Gasteiger partial charge in [0.2, 0.25) is 0 Å². The molecule has 0 bridgehead atoms. The average molecular weight is 164 g/mol. The molecule has 2 atom stereocenters. The summed E-state index contributed by atoms with van der Waals surface area (Å²) in [6.45, 7) is 4.50. The summed E-state index contributed by atoms with van der Waals surface area (Å²) in [6, 6.07) is 3.78. The predicted molar refractivity (Wildman–Crippen MR) is 47.6 cm³/mol. The van der Waals surface area contributed by atoms with E-state index >= 15 is 0 Å². The lowest BCUT2D eigenvalue weighted by Gasteiger charge is -2.30. The molecule has 12 heavy (non-hydrogen) atoms. The minimum Gasteiger partial charge on any atom is -0.280 e. The first kappa shape index (κ1) is 8.07. The number of hydrogen-bond acceptors (Lipinski definition) is 2. The lowest BCUT2D eigenvalue weighted by atomic mass is 9.96. The van der Waals surface area contributed by atoms with Crippen LogP contribution in [0.4, 0.5) is 0 Å². The SMILES string of the molecule is CC1CCC2(C#N)CCC(C)N12. The van der Waals surface area contributed by atoms with Gasteiger partial charge in [0.1, 0.15) is 5.54 Å². The van der Waals surface area contributed by atoms with Crippen molar-refractivity contribution in [3.8, 4) is 6.07 Å². The van der Waals surface area contributed by atoms with E-state index in [1.807, 2.05) is 0 Å². The van der Waals surface area contributed by atoms with Crippen LogP contribution in [0, 0.1) is 11.3 Å². The fourth-order valence-electron chi connectivity index (χ4n) is 3.00. The van der Waals surface area contributed by atoms with Crippen LogP contribution in [0.15, 0.2) is 0 Å². The molecule has 0 amide bonds. The summed E-state index contributed by atoms with van der Waals surface area (Å²) in [7, 11) is 0. The zero-order valence-electron chi connectivity index (χ0n) is 7.88. The summed E-state index contributed by atoms with van der Waals surface area (Å²) in [5, 5.41) is 9.17. The van der Waals surface area contributed by atoms with Gasteiger partial charge >= 0.3 is 0 Å². The molecule has 2 fully saturated rings. The van der Waals surface area contributed by atoms with Crippen molar-refractivity contribution < 1.29 is 0 Å². The third-order valence-corrected chi connectivity index (χ3v) is 3.60. The van der Waals surface area contributed by atoms with Gasteiger partial charge in [-0.1, -0.05) is 0 Å². The van der Waals surface area contributed by atoms with E-state index in [1.54, 1.807) is 0 Å². The van der Waals surface area contributed by atoms with Crippen molar-refractivity contribution in [3.05, 3.63) is 0 Å². The lowest BCUT2D eigenvalue weighted by molar-refractivity contribution is 0.162. The Morgan fingerprint density at radius 1 is 1.25 bits per heavy atom. The smallest absolute Gasteiger partial charge is 0.109 e. The second-order valence-corrected chi connectivity index (χ2v) is 4.33. The maximum atomic E-state index is 9.17. The highest BCUT2D eigenvalue weighted by atomic mass is 15.3. The number of nitrogens with zero attached hydrogens (tertiary/aromatic N) is 2. The summed E-state index contributed by atoms with van der Waals surface area (Å²) in [4.78, 5) is 2.44. The summed E-state index contributed by atoms with van der Waals surface area (Å²) in [6.07, 6.45) is 4.60. The first-order valence-corrected chi connectivity index (χ1v) is 4.89. The third-order valence-electron chi connectivity index (χ3n) is 3.60. The van der Waals surface area contributed by atoms with Gasteiger partial charge in [0.05, 0.1) is 6.07 Å². The van der Waals surface area contributed by atoms with Gasteiger partial charge in [0.25, 0.3) is 0 Å². The Morgan fingerprint density at radius 2 is 1.75 bits per heavy atom. The van der Waals surface area contributed by atoms with Crippen LogP contribution in [0.5, 0.6) is 0 Å². The molecule has 2 aliphatic rings. The van der Waals surface area contributed by atoms with Crippen molar-refractivity contribution >= 4 is 0 Å². The first-order chi connectivity index (χ1) is 5.69. The van der Waals surface area contributed by atoms with E-state index < -0.39 is 0 Å². The van der Waals surface area contributed by atoms with Crippen LogP contribution in [0.2, 0.25) is 0 Å². The van der Waals surface area contributed by atoms with E-state index in [1.165, 1.54) is 12.8 Å². The van der Waals surface area contributed by atoms with Crippen LogP contribution >= 0.6 is 0 Å². The quantitative estimate of drug-likeness (QED) is 0.547. The van der Waals surface area contributed by atoms with Crippen molar-refractivity contribution in [2.75, 3.05) is 0 Å². The van der Waals surface area contributed by atoms with Crippen LogP contribution in [0.25, 0.3) is 0 Å². The topological polar surface area (TPSA) is 27.0 Å². The zero-order valence-corrected chi connectivity index (χ0v) is 7.88. The Balaban J connectivity index is 2.31. The van der Waals surface area contributed by atoms with E-state index in [-0.39, 0.29) is 5.54 Å². The Kier molecular flexibility index (Phi) is 1.66. The molecule has 2 unspecified atom stereocenters. The normalized spacial score (nSPS) is 47.4. The molecule has 0 aromatic rings. The van der Waals surface area contributed by atoms with Crippen molar-refractivity contribution in [1.29, 1.82) is 5.26 Å². The molecule has 0 N–H and O–H groups in total. The molecule has 0 aliphatic carbocycles. The van der Waals surface area contributed by atoms with Gasteiger partial charge < -0.3 is 0 Å². The van der Waals surface area contributed by atoms with Gasteiger partial charge in [-0.3, -0.25) is 4.90 Å². The third kappa shape index (κ3) is 0.834. The summed E-state index contributed by atoms with van der Waals surface area (Å²) in [5.74, 6) is 0. The number of rotatable bonds is 0. The summed E-state index contributed by atoms with van der Waals surface area (Å²) in [5.41, 5.74) is -0.0706. The Labute approximate surface area is 74.2 Å². The summed E-state index contributed by atoms with van der Waals surface area (Å²) >= 11 is 0. The minimum absolute atomic E-state index is 0.0706. The molecule has 0 aromatic heterocycles.